The quantitative estimate of drug-likeness (QED) is 0.637. The molecule has 0 spiro atoms. The van der Waals surface area contributed by atoms with Crippen molar-refractivity contribution in [2.24, 2.45) is 11.7 Å². The molecule has 4 heteroatoms. The molecule has 1 unspecified atom stereocenters. The average Bonchev–Trinajstić information content (AvgIpc) is 2.99. The molecule has 0 aliphatic heterocycles. The van der Waals surface area contributed by atoms with Crippen molar-refractivity contribution in [3.05, 3.63) is 0 Å². The maximum Gasteiger partial charge on any atom is 0.235 e. The van der Waals surface area contributed by atoms with E-state index in [1.807, 2.05) is 6.92 Å². The molecule has 16 heavy (non-hydrogen) atoms. The van der Waals surface area contributed by atoms with Crippen molar-refractivity contribution < 1.29 is 4.79 Å². The highest BCUT2D eigenvalue weighted by Crippen LogP contribution is 2.30. The molecule has 0 saturated heterocycles. The van der Waals surface area contributed by atoms with E-state index in [0.717, 1.165) is 25.6 Å². The molecule has 1 amide bonds. The third kappa shape index (κ3) is 4.49. The summed E-state index contributed by atoms with van der Waals surface area (Å²) in [7, 11) is 0. The zero-order chi connectivity index (χ0) is 12.1. The van der Waals surface area contributed by atoms with Crippen LogP contribution in [-0.2, 0) is 4.79 Å². The zero-order valence-corrected chi connectivity index (χ0v) is 10.7. The molecule has 0 radical (unpaired) electrons. The van der Waals surface area contributed by atoms with Gasteiger partial charge in [0.25, 0.3) is 0 Å². The second-order valence-electron chi connectivity index (χ2n) is 5.00. The van der Waals surface area contributed by atoms with Gasteiger partial charge in [-0.25, -0.2) is 0 Å². The number of carbonyl (C=O) groups excluding carboxylic acids is 1. The summed E-state index contributed by atoms with van der Waals surface area (Å²) in [6.07, 6.45) is 2.68. The second-order valence-corrected chi connectivity index (χ2v) is 5.00. The van der Waals surface area contributed by atoms with Gasteiger partial charge >= 0.3 is 0 Å². The Morgan fingerprint density at radius 2 is 2.12 bits per heavy atom. The number of carbonyl (C=O) groups is 1. The normalized spacial score (nSPS) is 18.1. The van der Waals surface area contributed by atoms with E-state index < -0.39 is 0 Å². The highest BCUT2D eigenvalue weighted by Gasteiger charge is 2.27. The predicted molar refractivity (Wildman–Crippen MR) is 66.1 cm³/mol. The smallest absolute Gasteiger partial charge is 0.235 e. The lowest BCUT2D eigenvalue weighted by Crippen LogP contribution is -2.51. The molecule has 0 aromatic carbocycles. The molecular weight excluding hydrogens is 202 g/mol. The van der Waals surface area contributed by atoms with Gasteiger partial charge in [-0.1, -0.05) is 6.92 Å². The van der Waals surface area contributed by atoms with Crippen molar-refractivity contribution in [3.63, 3.8) is 0 Å². The topological polar surface area (TPSA) is 58.4 Å². The van der Waals surface area contributed by atoms with Crippen LogP contribution in [0.2, 0.25) is 0 Å². The van der Waals surface area contributed by atoms with Crippen molar-refractivity contribution in [1.82, 2.24) is 10.2 Å². The number of nitrogens with one attached hydrogen (secondary N) is 1. The van der Waals surface area contributed by atoms with E-state index in [2.05, 4.69) is 24.1 Å². The molecule has 1 aliphatic carbocycles. The number of primary amides is 1. The molecule has 0 aromatic rings. The first-order chi connectivity index (χ1) is 7.54. The van der Waals surface area contributed by atoms with Gasteiger partial charge in [-0.3, -0.25) is 9.69 Å². The molecule has 0 aromatic heterocycles. The third-order valence-electron chi connectivity index (χ3n) is 3.13. The van der Waals surface area contributed by atoms with Crippen LogP contribution in [0.1, 0.15) is 33.6 Å². The minimum atomic E-state index is -0.247. The molecule has 1 rings (SSSR count). The Bertz CT molecular complexity index is 226. The van der Waals surface area contributed by atoms with E-state index in [4.69, 9.17) is 5.73 Å². The lowest BCUT2D eigenvalue weighted by Gasteiger charge is -2.29. The van der Waals surface area contributed by atoms with Gasteiger partial charge in [-0.05, 0) is 39.2 Å². The van der Waals surface area contributed by atoms with Gasteiger partial charge in [-0.2, -0.15) is 0 Å². The molecule has 1 aliphatic rings. The Morgan fingerprint density at radius 3 is 2.50 bits per heavy atom. The molecule has 0 bridgehead atoms. The molecule has 1 saturated carbocycles. The van der Waals surface area contributed by atoms with Gasteiger partial charge < -0.3 is 11.1 Å². The Hall–Kier alpha value is -0.610. The van der Waals surface area contributed by atoms with Crippen LogP contribution in [0.3, 0.4) is 0 Å². The Morgan fingerprint density at radius 1 is 1.50 bits per heavy atom. The van der Waals surface area contributed by atoms with Crippen LogP contribution in [-0.4, -0.2) is 42.5 Å². The fourth-order valence-electron chi connectivity index (χ4n) is 1.86. The van der Waals surface area contributed by atoms with Gasteiger partial charge in [0.05, 0.1) is 6.04 Å². The van der Waals surface area contributed by atoms with Crippen molar-refractivity contribution in [2.45, 2.75) is 45.7 Å². The SMILES string of the molecule is CCNC(CN(CC1CC1)C(C)C)C(N)=O. The first kappa shape index (κ1) is 13.5. The van der Waals surface area contributed by atoms with E-state index in [9.17, 15) is 4.79 Å². The van der Waals surface area contributed by atoms with Crippen molar-refractivity contribution in [2.75, 3.05) is 19.6 Å². The first-order valence-electron chi connectivity index (χ1n) is 6.31. The van der Waals surface area contributed by atoms with Crippen LogP contribution in [0.4, 0.5) is 0 Å². The summed E-state index contributed by atoms with van der Waals surface area (Å²) in [5.41, 5.74) is 5.39. The summed E-state index contributed by atoms with van der Waals surface area (Å²) in [6.45, 7) is 8.96. The maximum absolute atomic E-state index is 11.3. The monoisotopic (exact) mass is 227 g/mol. The lowest BCUT2D eigenvalue weighted by molar-refractivity contribution is -0.120. The van der Waals surface area contributed by atoms with Crippen LogP contribution in [0, 0.1) is 5.92 Å². The molecule has 1 atom stereocenters. The fourth-order valence-corrected chi connectivity index (χ4v) is 1.86. The predicted octanol–water partition coefficient (Wildman–Crippen LogP) is 0.570. The Kier molecular flexibility index (Phi) is 5.22. The molecule has 94 valence electrons. The number of nitrogens with zero attached hydrogens (tertiary/aromatic N) is 1. The van der Waals surface area contributed by atoms with Crippen LogP contribution < -0.4 is 11.1 Å². The van der Waals surface area contributed by atoms with E-state index in [1.54, 1.807) is 0 Å². The lowest BCUT2D eigenvalue weighted by atomic mass is 10.2. The maximum atomic E-state index is 11.3. The first-order valence-corrected chi connectivity index (χ1v) is 6.31. The molecule has 0 heterocycles. The summed E-state index contributed by atoms with van der Waals surface area (Å²) >= 11 is 0. The molecular formula is C12H25N3O. The standard InChI is InChI=1S/C12H25N3O/c1-4-14-11(12(13)16)8-15(9(2)3)7-10-5-6-10/h9-11,14H,4-8H2,1-3H3,(H2,13,16). The van der Waals surface area contributed by atoms with E-state index in [0.29, 0.717) is 6.04 Å². The Labute approximate surface area is 98.6 Å². The van der Waals surface area contributed by atoms with E-state index >= 15 is 0 Å². The highest BCUT2D eigenvalue weighted by molar-refractivity contribution is 5.80. The second kappa shape index (κ2) is 6.21. The van der Waals surface area contributed by atoms with Gasteiger partial charge in [0.2, 0.25) is 5.91 Å². The van der Waals surface area contributed by atoms with E-state index in [-0.39, 0.29) is 11.9 Å². The van der Waals surface area contributed by atoms with E-state index in [1.165, 1.54) is 12.8 Å². The molecule has 1 fully saturated rings. The van der Waals surface area contributed by atoms with Gasteiger partial charge in [0, 0.05) is 19.1 Å². The molecule has 3 N–H and O–H groups in total. The summed E-state index contributed by atoms with van der Waals surface area (Å²) < 4.78 is 0. The van der Waals surface area contributed by atoms with Crippen molar-refractivity contribution in [3.8, 4) is 0 Å². The third-order valence-corrected chi connectivity index (χ3v) is 3.13. The van der Waals surface area contributed by atoms with Crippen LogP contribution >= 0.6 is 0 Å². The number of likely N-dealkylation sites (N-methyl/N-ethyl adjacent to an activating group) is 1. The fraction of sp³-hybridized carbons (Fsp3) is 0.917. The number of nitrogens with two attached hydrogens (primary N) is 1. The average molecular weight is 227 g/mol. The molecule has 4 nitrogen and oxygen atoms in total. The van der Waals surface area contributed by atoms with Crippen LogP contribution in [0.15, 0.2) is 0 Å². The summed E-state index contributed by atoms with van der Waals surface area (Å²) in [6, 6.07) is 0.257. The van der Waals surface area contributed by atoms with Gasteiger partial charge in [0.1, 0.15) is 0 Å². The minimum absolute atomic E-state index is 0.217. The summed E-state index contributed by atoms with van der Waals surface area (Å²) in [5, 5.41) is 3.14. The van der Waals surface area contributed by atoms with Crippen molar-refractivity contribution >= 4 is 5.91 Å². The Balaban J connectivity index is 2.45. The van der Waals surface area contributed by atoms with Crippen LogP contribution in [0.25, 0.3) is 0 Å². The largest absolute Gasteiger partial charge is 0.368 e. The van der Waals surface area contributed by atoms with Gasteiger partial charge in [-0.15, -0.1) is 0 Å². The number of hydrogen-bond donors (Lipinski definition) is 2. The minimum Gasteiger partial charge on any atom is -0.368 e. The highest BCUT2D eigenvalue weighted by atomic mass is 16.1. The zero-order valence-electron chi connectivity index (χ0n) is 10.7. The van der Waals surface area contributed by atoms with Gasteiger partial charge in [0.15, 0.2) is 0 Å². The number of hydrogen-bond acceptors (Lipinski definition) is 3. The number of rotatable bonds is 8. The van der Waals surface area contributed by atoms with Crippen molar-refractivity contribution in [1.29, 1.82) is 0 Å². The number of amides is 1. The summed E-state index contributed by atoms with van der Waals surface area (Å²) in [5.74, 6) is 0.598. The van der Waals surface area contributed by atoms with Crippen LogP contribution in [0.5, 0.6) is 0 Å². The summed E-state index contributed by atoms with van der Waals surface area (Å²) in [4.78, 5) is 13.6.